The fourth-order valence-electron chi connectivity index (χ4n) is 3.77. The van der Waals surface area contributed by atoms with Crippen molar-refractivity contribution >= 4 is 28.4 Å². The molecule has 0 saturated heterocycles. The number of carbonyl (C=O) groups is 2. The molecule has 5 nitrogen and oxygen atoms in total. The SMILES string of the molecule is CC(C)=CC1C(C(=O)Nc2ccc3c(ccn3CC(=O)N(C)C)c2)C1(C)C. The van der Waals surface area contributed by atoms with Gasteiger partial charge in [-0.3, -0.25) is 9.59 Å². The minimum atomic E-state index is 0.00131. The molecule has 2 unspecified atom stereocenters. The van der Waals surface area contributed by atoms with Crippen LogP contribution >= 0.6 is 0 Å². The lowest BCUT2D eigenvalue weighted by Crippen LogP contribution is -2.25. The summed E-state index contributed by atoms with van der Waals surface area (Å²) in [7, 11) is 3.51. The van der Waals surface area contributed by atoms with Crippen LogP contribution in [0.15, 0.2) is 42.1 Å². The minimum Gasteiger partial charge on any atom is -0.347 e. The average Bonchev–Trinajstić information content (AvgIpc) is 2.91. The van der Waals surface area contributed by atoms with Crippen molar-refractivity contribution in [2.24, 2.45) is 17.3 Å². The first-order chi connectivity index (χ1) is 12.6. The Hall–Kier alpha value is -2.56. The number of allylic oxidation sites excluding steroid dienone is 2. The number of benzene rings is 1. The van der Waals surface area contributed by atoms with Crippen LogP contribution < -0.4 is 5.32 Å². The zero-order valence-electron chi connectivity index (χ0n) is 17.0. The molecule has 2 aromatic rings. The maximum atomic E-state index is 12.7. The van der Waals surface area contributed by atoms with Crippen molar-refractivity contribution in [3.8, 4) is 0 Å². The summed E-state index contributed by atoms with van der Waals surface area (Å²) in [5, 5.41) is 4.08. The number of carbonyl (C=O) groups excluding carboxylic acids is 2. The van der Waals surface area contributed by atoms with E-state index < -0.39 is 0 Å². The standard InChI is InChI=1S/C22H29N3O2/c1-14(2)11-17-20(22(17,3)4)21(27)23-16-7-8-18-15(12-16)9-10-25(18)13-19(26)24(5)6/h7-12,17,20H,13H2,1-6H3,(H,23,27). The first-order valence-corrected chi connectivity index (χ1v) is 9.36. The van der Waals surface area contributed by atoms with Crippen molar-refractivity contribution in [1.82, 2.24) is 9.47 Å². The second-order valence-corrected chi connectivity index (χ2v) is 8.56. The van der Waals surface area contributed by atoms with Crippen LogP contribution in [0.3, 0.4) is 0 Å². The molecule has 2 atom stereocenters. The minimum absolute atomic E-state index is 0.00131. The lowest BCUT2D eigenvalue weighted by molar-refractivity contribution is -0.129. The number of aromatic nitrogens is 1. The van der Waals surface area contributed by atoms with Gasteiger partial charge in [-0.25, -0.2) is 0 Å². The Bertz CT molecular complexity index is 917. The van der Waals surface area contributed by atoms with Crippen molar-refractivity contribution in [3.63, 3.8) is 0 Å². The molecule has 0 spiro atoms. The van der Waals surface area contributed by atoms with E-state index in [2.05, 4.69) is 39.1 Å². The number of likely N-dealkylation sites (N-methyl/N-ethyl adjacent to an activating group) is 1. The molecule has 1 aromatic heterocycles. The summed E-state index contributed by atoms with van der Waals surface area (Å²) in [6.45, 7) is 8.74. The van der Waals surface area contributed by atoms with E-state index in [-0.39, 0.29) is 23.1 Å². The summed E-state index contributed by atoms with van der Waals surface area (Å²) in [4.78, 5) is 26.3. The van der Waals surface area contributed by atoms with Crippen molar-refractivity contribution in [3.05, 3.63) is 42.1 Å². The van der Waals surface area contributed by atoms with Crippen molar-refractivity contribution < 1.29 is 9.59 Å². The summed E-state index contributed by atoms with van der Waals surface area (Å²) < 4.78 is 1.93. The highest BCUT2D eigenvalue weighted by molar-refractivity contribution is 5.97. The van der Waals surface area contributed by atoms with Gasteiger partial charge in [0.2, 0.25) is 11.8 Å². The maximum absolute atomic E-state index is 12.7. The molecule has 0 aliphatic heterocycles. The van der Waals surface area contributed by atoms with Crippen LogP contribution in [0, 0.1) is 17.3 Å². The van der Waals surface area contributed by atoms with E-state index >= 15 is 0 Å². The second-order valence-electron chi connectivity index (χ2n) is 8.56. The van der Waals surface area contributed by atoms with Crippen LogP contribution in [-0.2, 0) is 16.1 Å². The molecule has 2 amide bonds. The number of hydrogen-bond donors (Lipinski definition) is 1. The normalized spacial score (nSPS) is 20.2. The molecule has 3 rings (SSSR count). The van der Waals surface area contributed by atoms with Gasteiger partial charge in [-0.15, -0.1) is 0 Å². The fourth-order valence-corrected chi connectivity index (χ4v) is 3.77. The summed E-state index contributed by atoms with van der Waals surface area (Å²) in [6, 6.07) is 7.80. The van der Waals surface area contributed by atoms with Crippen molar-refractivity contribution in [1.29, 1.82) is 0 Å². The highest BCUT2D eigenvalue weighted by atomic mass is 16.2. The van der Waals surface area contributed by atoms with Gasteiger partial charge in [0.1, 0.15) is 6.54 Å². The van der Waals surface area contributed by atoms with Gasteiger partial charge in [0, 0.05) is 36.9 Å². The topological polar surface area (TPSA) is 54.3 Å². The van der Waals surface area contributed by atoms with Crippen LogP contribution in [0.1, 0.15) is 27.7 Å². The summed E-state index contributed by atoms with van der Waals surface area (Å²) >= 11 is 0. The molecular weight excluding hydrogens is 338 g/mol. The molecule has 1 fully saturated rings. The molecule has 1 aromatic carbocycles. The molecule has 144 valence electrons. The molecule has 1 aliphatic rings. The smallest absolute Gasteiger partial charge is 0.241 e. The van der Waals surface area contributed by atoms with Gasteiger partial charge in [0.25, 0.3) is 0 Å². The Morgan fingerprint density at radius 1 is 1.22 bits per heavy atom. The van der Waals surface area contributed by atoms with E-state index in [1.807, 2.05) is 35.0 Å². The van der Waals surface area contributed by atoms with E-state index in [0.29, 0.717) is 12.5 Å². The third-order valence-corrected chi connectivity index (χ3v) is 5.55. The van der Waals surface area contributed by atoms with Crippen LogP contribution in [0.5, 0.6) is 0 Å². The van der Waals surface area contributed by atoms with Gasteiger partial charge in [-0.1, -0.05) is 25.5 Å². The molecule has 1 N–H and O–H groups in total. The maximum Gasteiger partial charge on any atom is 0.241 e. The lowest BCUT2D eigenvalue weighted by Gasteiger charge is -2.12. The summed E-state index contributed by atoms with van der Waals surface area (Å²) in [6.07, 6.45) is 4.11. The Balaban J connectivity index is 1.74. The van der Waals surface area contributed by atoms with Gasteiger partial charge in [0.05, 0.1) is 5.92 Å². The van der Waals surface area contributed by atoms with E-state index in [0.717, 1.165) is 16.6 Å². The Morgan fingerprint density at radius 3 is 2.56 bits per heavy atom. The number of nitrogens with zero attached hydrogens (tertiary/aromatic N) is 2. The van der Waals surface area contributed by atoms with E-state index in [4.69, 9.17) is 0 Å². The highest BCUT2D eigenvalue weighted by Gasteiger charge is 2.60. The Labute approximate surface area is 161 Å². The predicted octanol–water partition coefficient (Wildman–Crippen LogP) is 3.91. The average molecular weight is 367 g/mol. The number of fused-ring (bicyclic) bond motifs is 1. The Morgan fingerprint density at radius 2 is 1.93 bits per heavy atom. The molecule has 1 aliphatic carbocycles. The van der Waals surface area contributed by atoms with Gasteiger partial charge in [-0.2, -0.15) is 0 Å². The monoisotopic (exact) mass is 367 g/mol. The predicted molar refractivity (Wildman–Crippen MR) is 109 cm³/mol. The summed E-state index contributed by atoms with van der Waals surface area (Å²) in [5.74, 6) is 0.421. The van der Waals surface area contributed by atoms with Crippen LogP contribution in [-0.4, -0.2) is 35.4 Å². The zero-order valence-corrected chi connectivity index (χ0v) is 17.0. The van der Waals surface area contributed by atoms with Crippen LogP contribution in [0.2, 0.25) is 0 Å². The van der Waals surface area contributed by atoms with Crippen molar-refractivity contribution in [2.45, 2.75) is 34.2 Å². The number of amides is 2. The number of hydrogen-bond acceptors (Lipinski definition) is 2. The largest absolute Gasteiger partial charge is 0.347 e. The molecule has 1 heterocycles. The molecule has 27 heavy (non-hydrogen) atoms. The van der Waals surface area contributed by atoms with Crippen LogP contribution in [0.25, 0.3) is 10.9 Å². The third-order valence-electron chi connectivity index (χ3n) is 5.55. The first kappa shape index (κ1) is 19.2. The molecule has 0 radical (unpaired) electrons. The lowest BCUT2D eigenvalue weighted by atomic mass is 10.1. The van der Waals surface area contributed by atoms with Crippen molar-refractivity contribution in [2.75, 3.05) is 19.4 Å². The van der Waals surface area contributed by atoms with E-state index in [9.17, 15) is 9.59 Å². The highest BCUT2D eigenvalue weighted by Crippen LogP contribution is 2.59. The Kier molecular flexibility index (Phi) is 4.89. The van der Waals surface area contributed by atoms with Gasteiger partial charge in [0.15, 0.2) is 0 Å². The molecule has 5 heteroatoms. The fraction of sp³-hybridized carbons (Fsp3) is 0.455. The van der Waals surface area contributed by atoms with E-state index in [1.165, 1.54) is 5.57 Å². The van der Waals surface area contributed by atoms with Gasteiger partial charge in [-0.05, 0) is 49.4 Å². The van der Waals surface area contributed by atoms with Gasteiger partial charge >= 0.3 is 0 Å². The third kappa shape index (κ3) is 3.77. The van der Waals surface area contributed by atoms with Crippen LogP contribution in [0.4, 0.5) is 5.69 Å². The quantitative estimate of drug-likeness (QED) is 0.815. The molecule has 1 saturated carbocycles. The second kappa shape index (κ2) is 6.87. The first-order valence-electron chi connectivity index (χ1n) is 9.36. The molecular formula is C22H29N3O2. The number of rotatable bonds is 5. The summed E-state index contributed by atoms with van der Waals surface area (Å²) in [5.41, 5.74) is 3.03. The zero-order chi connectivity index (χ0) is 19.9. The number of anilines is 1. The van der Waals surface area contributed by atoms with Gasteiger partial charge < -0.3 is 14.8 Å². The molecule has 0 bridgehead atoms. The van der Waals surface area contributed by atoms with E-state index in [1.54, 1.807) is 19.0 Å². The number of nitrogens with one attached hydrogen (secondary N) is 1.